The van der Waals surface area contributed by atoms with Crippen LogP contribution < -0.4 is 10.6 Å². The van der Waals surface area contributed by atoms with Gasteiger partial charge in [-0.3, -0.25) is 4.99 Å². The minimum absolute atomic E-state index is 0. The summed E-state index contributed by atoms with van der Waals surface area (Å²) in [5.41, 5.74) is 1.02. The zero-order chi connectivity index (χ0) is 14.6. The van der Waals surface area contributed by atoms with Gasteiger partial charge in [-0.15, -0.1) is 24.0 Å². The second-order valence-electron chi connectivity index (χ2n) is 4.36. The number of hydrogen-bond acceptors (Lipinski definition) is 2. The lowest BCUT2D eigenvalue weighted by atomic mass is 10.1. The Morgan fingerprint density at radius 2 is 2.05 bits per heavy atom. The van der Waals surface area contributed by atoms with E-state index in [9.17, 15) is 4.39 Å². The Bertz CT molecular complexity index is 416. The van der Waals surface area contributed by atoms with Gasteiger partial charge in [0.2, 0.25) is 0 Å². The summed E-state index contributed by atoms with van der Waals surface area (Å²) in [6.45, 7) is 4.89. The third-order valence-electron chi connectivity index (χ3n) is 2.79. The largest absolute Gasteiger partial charge is 0.380 e. The Hall–Kier alpha value is -0.890. The standard InChI is InChI=1S/C15H24FN3O.HI/c1-3-20-11-10-19-15(17-2)18-9-5-7-13-6-4-8-14(16)12-13;/h4,6,8,12H,3,5,7,9-11H2,1-2H3,(H2,17,18,19);1H. The molecule has 0 aliphatic rings. The molecule has 0 aliphatic heterocycles. The van der Waals surface area contributed by atoms with E-state index in [0.717, 1.165) is 44.1 Å². The van der Waals surface area contributed by atoms with Crippen LogP contribution in [0.2, 0.25) is 0 Å². The zero-order valence-corrected chi connectivity index (χ0v) is 15.0. The molecule has 0 amide bonds. The molecule has 0 saturated heterocycles. The first kappa shape index (κ1) is 20.1. The van der Waals surface area contributed by atoms with Crippen LogP contribution in [0.3, 0.4) is 0 Å². The molecule has 0 spiro atoms. The van der Waals surface area contributed by atoms with E-state index in [0.29, 0.717) is 6.61 Å². The van der Waals surface area contributed by atoms with Crippen LogP contribution in [0.4, 0.5) is 4.39 Å². The molecular weight excluding hydrogens is 384 g/mol. The number of nitrogens with one attached hydrogen (secondary N) is 2. The van der Waals surface area contributed by atoms with Crippen LogP contribution >= 0.6 is 24.0 Å². The van der Waals surface area contributed by atoms with Crippen LogP contribution in [0.25, 0.3) is 0 Å². The van der Waals surface area contributed by atoms with E-state index in [1.807, 2.05) is 13.0 Å². The van der Waals surface area contributed by atoms with Crippen molar-refractivity contribution in [3.05, 3.63) is 35.6 Å². The second kappa shape index (κ2) is 12.8. The molecule has 0 atom stereocenters. The summed E-state index contributed by atoms with van der Waals surface area (Å²) in [7, 11) is 1.74. The summed E-state index contributed by atoms with van der Waals surface area (Å²) in [4.78, 5) is 4.12. The average Bonchev–Trinajstić information content (AvgIpc) is 2.46. The molecule has 4 nitrogen and oxygen atoms in total. The predicted octanol–water partition coefficient (Wildman–Crippen LogP) is 2.58. The van der Waals surface area contributed by atoms with Gasteiger partial charge < -0.3 is 15.4 Å². The van der Waals surface area contributed by atoms with Gasteiger partial charge in [-0.05, 0) is 37.5 Å². The Kier molecular flexibility index (Phi) is 12.3. The highest BCUT2D eigenvalue weighted by Crippen LogP contribution is 2.05. The summed E-state index contributed by atoms with van der Waals surface area (Å²) >= 11 is 0. The quantitative estimate of drug-likeness (QED) is 0.300. The normalized spacial score (nSPS) is 10.9. The van der Waals surface area contributed by atoms with Crippen LogP contribution in [0.1, 0.15) is 18.9 Å². The van der Waals surface area contributed by atoms with Crippen LogP contribution in [0.15, 0.2) is 29.3 Å². The Morgan fingerprint density at radius 3 is 2.71 bits per heavy atom. The SMILES string of the molecule is CCOCCNC(=NC)NCCCc1cccc(F)c1.I. The average molecular weight is 409 g/mol. The van der Waals surface area contributed by atoms with Gasteiger partial charge in [-0.2, -0.15) is 0 Å². The third kappa shape index (κ3) is 9.62. The van der Waals surface area contributed by atoms with E-state index in [2.05, 4.69) is 15.6 Å². The monoisotopic (exact) mass is 409 g/mol. The van der Waals surface area contributed by atoms with Crippen molar-refractivity contribution in [3.63, 3.8) is 0 Å². The Balaban J connectivity index is 0.00000400. The third-order valence-corrected chi connectivity index (χ3v) is 2.79. The molecule has 0 unspecified atom stereocenters. The topological polar surface area (TPSA) is 45.6 Å². The van der Waals surface area contributed by atoms with Gasteiger partial charge in [0.25, 0.3) is 0 Å². The molecule has 0 heterocycles. The molecule has 0 bridgehead atoms. The zero-order valence-electron chi connectivity index (χ0n) is 12.7. The molecule has 0 aliphatic carbocycles. The van der Waals surface area contributed by atoms with Gasteiger partial charge in [-0.1, -0.05) is 12.1 Å². The molecule has 0 saturated carbocycles. The van der Waals surface area contributed by atoms with Crippen molar-refractivity contribution in [1.82, 2.24) is 10.6 Å². The van der Waals surface area contributed by atoms with E-state index in [4.69, 9.17) is 4.74 Å². The fraction of sp³-hybridized carbons (Fsp3) is 0.533. The molecule has 0 aromatic heterocycles. The van der Waals surface area contributed by atoms with Gasteiger partial charge in [-0.25, -0.2) is 4.39 Å². The molecule has 6 heteroatoms. The summed E-state index contributed by atoms with van der Waals surface area (Å²) in [6.07, 6.45) is 1.77. The van der Waals surface area contributed by atoms with Crippen molar-refractivity contribution in [2.75, 3.05) is 33.4 Å². The highest BCUT2D eigenvalue weighted by atomic mass is 127. The fourth-order valence-corrected chi connectivity index (χ4v) is 1.80. The second-order valence-corrected chi connectivity index (χ2v) is 4.36. The van der Waals surface area contributed by atoms with Gasteiger partial charge in [0.15, 0.2) is 5.96 Å². The van der Waals surface area contributed by atoms with Gasteiger partial charge in [0.1, 0.15) is 5.82 Å². The number of hydrogen-bond donors (Lipinski definition) is 2. The lowest BCUT2D eigenvalue weighted by molar-refractivity contribution is 0.152. The highest BCUT2D eigenvalue weighted by Gasteiger charge is 1.98. The first-order chi connectivity index (χ1) is 9.76. The van der Waals surface area contributed by atoms with Crippen LogP contribution in [0.5, 0.6) is 0 Å². The molecule has 2 N–H and O–H groups in total. The smallest absolute Gasteiger partial charge is 0.191 e. The van der Waals surface area contributed by atoms with E-state index >= 15 is 0 Å². The molecule has 120 valence electrons. The fourth-order valence-electron chi connectivity index (χ4n) is 1.80. The van der Waals surface area contributed by atoms with E-state index in [1.165, 1.54) is 6.07 Å². The van der Waals surface area contributed by atoms with Crippen molar-refractivity contribution in [3.8, 4) is 0 Å². The first-order valence-electron chi connectivity index (χ1n) is 7.03. The van der Waals surface area contributed by atoms with Gasteiger partial charge in [0.05, 0.1) is 6.61 Å². The molecule has 1 aromatic rings. The Labute approximate surface area is 143 Å². The lowest BCUT2D eigenvalue weighted by Gasteiger charge is -2.11. The van der Waals surface area contributed by atoms with Crippen molar-refractivity contribution < 1.29 is 9.13 Å². The van der Waals surface area contributed by atoms with Crippen molar-refractivity contribution in [2.45, 2.75) is 19.8 Å². The summed E-state index contributed by atoms with van der Waals surface area (Å²) in [5.74, 6) is 0.591. The number of aryl methyl sites for hydroxylation is 1. The lowest BCUT2D eigenvalue weighted by Crippen LogP contribution is -2.39. The number of guanidine groups is 1. The first-order valence-corrected chi connectivity index (χ1v) is 7.03. The molecule has 1 rings (SSSR count). The van der Waals surface area contributed by atoms with Gasteiger partial charge >= 0.3 is 0 Å². The molecule has 0 radical (unpaired) electrons. The molecule has 21 heavy (non-hydrogen) atoms. The number of ether oxygens (including phenoxy) is 1. The summed E-state index contributed by atoms with van der Waals surface area (Å²) in [6, 6.07) is 6.73. The summed E-state index contributed by atoms with van der Waals surface area (Å²) < 4.78 is 18.2. The van der Waals surface area contributed by atoms with Crippen molar-refractivity contribution >= 4 is 29.9 Å². The molecule has 1 aromatic carbocycles. The van der Waals surface area contributed by atoms with Crippen molar-refractivity contribution in [2.24, 2.45) is 4.99 Å². The van der Waals surface area contributed by atoms with Crippen LogP contribution in [0, 0.1) is 5.82 Å². The number of halogens is 2. The number of benzene rings is 1. The summed E-state index contributed by atoms with van der Waals surface area (Å²) in [5, 5.41) is 6.39. The van der Waals surface area contributed by atoms with E-state index in [1.54, 1.807) is 19.2 Å². The number of rotatable bonds is 8. The number of nitrogens with zero attached hydrogens (tertiary/aromatic N) is 1. The Morgan fingerprint density at radius 1 is 1.29 bits per heavy atom. The maximum atomic E-state index is 13.0. The van der Waals surface area contributed by atoms with E-state index in [-0.39, 0.29) is 29.8 Å². The maximum Gasteiger partial charge on any atom is 0.191 e. The van der Waals surface area contributed by atoms with Crippen molar-refractivity contribution in [1.29, 1.82) is 0 Å². The molecule has 0 fully saturated rings. The number of aliphatic imine (C=N–C) groups is 1. The predicted molar refractivity (Wildman–Crippen MR) is 96.0 cm³/mol. The van der Waals surface area contributed by atoms with Crippen LogP contribution in [-0.2, 0) is 11.2 Å². The maximum absolute atomic E-state index is 13.0. The highest BCUT2D eigenvalue weighted by molar-refractivity contribution is 14.0. The van der Waals surface area contributed by atoms with E-state index < -0.39 is 0 Å². The minimum Gasteiger partial charge on any atom is -0.380 e. The molecular formula is C15H25FIN3O. The van der Waals surface area contributed by atoms with Crippen LogP contribution in [-0.4, -0.2) is 39.3 Å². The minimum atomic E-state index is -0.177. The van der Waals surface area contributed by atoms with Gasteiger partial charge in [0, 0.05) is 26.7 Å².